The third-order valence-electron chi connectivity index (χ3n) is 2.09. The van der Waals surface area contributed by atoms with Gasteiger partial charge in [0.15, 0.2) is 9.84 Å². The molecule has 8 heteroatoms. The third kappa shape index (κ3) is 2.52. The number of amides is 1. The van der Waals surface area contributed by atoms with Crippen molar-refractivity contribution in [1.29, 1.82) is 0 Å². The molecule has 96 valence electrons. The highest BCUT2D eigenvalue weighted by Crippen LogP contribution is 2.40. The van der Waals surface area contributed by atoms with Gasteiger partial charge in [-0.25, -0.2) is 8.42 Å². The van der Waals surface area contributed by atoms with Crippen molar-refractivity contribution in [3.63, 3.8) is 0 Å². The lowest BCUT2D eigenvalue weighted by atomic mass is 10.3. The molecule has 0 saturated carbocycles. The molecule has 0 saturated heterocycles. The van der Waals surface area contributed by atoms with Crippen molar-refractivity contribution in [1.82, 2.24) is 5.32 Å². The van der Waals surface area contributed by atoms with Gasteiger partial charge in [-0.1, -0.05) is 0 Å². The number of thiophene rings is 1. The molecule has 0 atom stereocenters. The van der Waals surface area contributed by atoms with Crippen molar-refractivity contribution < 1.29 is 13.2 Å². The highest BCUT2D eigenvalue weighted by atomic mass is 32.2. The van der Waals surface area contributed by atoms with Gasteiger partial charge in [-0.2, -0.15) is 0 Å². The van der Waals surface area contributed by atoms with Crippen LogP contribution in [-0.4, -0.2) is 41.7 Å². The number of anilines is 2. The van der Waals surface area contributed by atoms with Crippen molar-refractivity contribution in [2.24, 2.45) is 0 Å². The van der Waals surface area contributed by atoms with Gasteiger partial charge < -0.3 is 16.0 Å². The van der Waals surface area contributed by atoms with Crippen LogP contribution in [0, 0.1) is 0 Å². The molecule has 0 aromatic carbocycles. The first-order valence-corrected chi connectivity index (χ1v) is 7.42. The Hall–Kier alpha value is -1.28. The molecule has 0 aliphatic rings. The highest BCUT2D eigenvalue weighted by Gasteiger charge is 2.27. The van der Waals surface area contributed by atoms with Gasteiger partial charge in [-0.15, -0.1) is 11.3 Å². The van der Waals surface area contributed by atoms with Crippen LogP contribution in [0.1, 0.15) is 9.67 Å². The van der Waals surface area contributed by atoms with E-state index in [1.165, 1.54) is 7.05 Å². The molecule has 1 aromatic heterocycles. The van der Waals surface area contributed by atoms with E-state index >= 15 is 0 Å². The zero-order chi connectivity index (χ0) is 13.4. The maximum absolute atomic E-state index is 11.7. The summed E-state index contributed by atoms with van der Waals surface area (Å²) in [6.45, 7) is 0. The number of carbonyl (C=O) groups excluding carboxylic acids is 1. The summed E-state index contributed by atoms with van der Waals surface area (Å²) in [6.07, 6.45) is 1.08. The second-order valence-corrected chi connectivity index (χ2v) is 6.68. The molecule has 17 heavy (non-hydrogen) atoms. The predicted molar refractivity (Wildman–Crippen MR) is 69.6 cm³/mol. The van der Waals surface area contributed by atoms with Crippen LogP contribution in [0.15, 0.2) is 4.90 Å². The first kappa shape index (κ1) is 13.8. The third-order valence-corrected chi connectivity index (χ3v) is 4.75. The fourth-order valence-corrected chi connectivity index (χ4v) is 3.98. The van der Waals surface area contributed by atoms with Gasteiger partial charge >= 0.3 is 0 Å². The SMILES string of the molecule is CNC(=O)c1sc(N(C)C)c(S(C)(=O)=O)c1N. The van der Waals surface area contributed by atoms with E-state index in [4.69, 9.17) is 5.73 Å². The number of nitrogen functional groups attached to an aromatic ring is 1. The van der Waals surface area contributed by atoms with Crippen LogP contribution in [0.5, 0.6) is 0 Å². The van der Waals surface area contributed by atoms with Gasteiger partial charge in [0, 0.05) is 27.4 Å². The molecule has 0 aliphatic carbocycles. The molecular formula is C9H15N3O3S2. The Morgan fingerprint density at radius 3 is 2.24 bits per heavy atom. The molecule has 0 fully saturated rings. The Balaban J connectivity index is 3.58. The average Bonchev–Trinajstić information content (AvgIpc) is 2.54. The Morgan fingerprint density at radius 2 is 1.94 bits per heavy atom. The molecule has 1 amide bonds. The van der Waals surface area contributed by atoms with E-state index < -0.39 is 9.84 Å². The van der Waals surface area contributed by atoms with E-state index in [-0.39, 0.29) is 21.4 Å². The van der Waals surface area contributed by atoms with E-state index in [0.717, 1.165) is 17.6 Å². The Labute approximate surface area is 104 Å². The predicted octanol–water partition coefficient (Wildman–Crippen LogP) is 0.159. The van der Waals surface area contributed by atoms with Gasteiger partial charge in [0.05, 0.1) is 5.69 Å². The molecule has 1 heterocycles. The van der Waals surface area contributed by atoms with Crippen molar-refractivity contribution in [3.8, 4) is 0 Å². The molecule has 0 aliphatic heterocycles. The first-order valence-electron chi connectivity index (χ1n) is 4.71. The molecule has 0 unspecified atom stereocenters. The van der Waals surface area contributed by atoms with Crippen LogP contribution in [0.4, 0.5) is 10.7 Å². The van der Waals surface area contributed by atoms with Crippen LogP contribution < -0.4 is 16.0 Å². The first-order chi connectivity index (χ1) is 7.70. The number of nitrogens with zero attached hydrogens (tertiary/aromatic N) is 1. The fourth-order valence-electron chi connectivity index (χ4n) is 1.35. The second-order valence-electron chi connectivity index (χ2n) is 3.72. The summed E-state index contributed by atoms with van der Waals surface area (Å²) in [5.74, 6) is -0.384. The van der Waals surface area contributed by atoms with Crippen LogP contribution in [0.2, 0.25) is 0 Å². The highest BCUT2D eigenvalue weighted by molar-refractivity contribution is 7.91. The topological polar surface area (TPSA) is 92.5 Å². The minimum atomic E-state index is -3.47. The number of hydrogen-bond donors (Lipinski definition) is 2. The van der Waals surface area contributed by atoms with Gasteiger partial charge in [0.25, 0.3) is 5.91 Å². The molecule has 0 radical (unpaired) electrons. The quantitative estimate of drug-likeness (QED) is 0.821. The van der Waals surface area contributed by atoms with Crippen LogP contribution in [0.3, 0.4) is 0 Å². The number of hydrogen-bond acceptors (Lipinski definition) is 6. The van der Waals surface area contributed by atoms with Gasteiger partial charge in [0.1, 0.15) is 14.8 Å². The Bertz CT molecular complexity index is 546. The molecular weight excluding hydrogens is 262 g/mol. The Morgan fingerprint density at radius 1 is 1.41 bits per heavy atom. The molecule has 0 bridgehead atoms. The van der Waals surface area contributed by atoms with E-state index in [2.05, 4.69) is 5.32 Å². The fraction of sp³-hybridized carbons (Fsp3) is 0.444. The summed E-state index contributed by atoms with van der Waals surface area (Å²) in [6, 6.07) is 0. The van der Waals surface area contributed by atoms with E-state index in [1.54, 1.807) is 19.0 Å². The summed E-state index contributed by atoms with van der Waals surface area (Å²) < 4.78 is 23.3. The van der Waals surface area contributed by atoms with Crippen molar-refractivity contribution in [3.05, 3.63) is 4.88 Å². The second kappa shape index (κ2) is 4.53. The lowest BCUT2D eigenvalue weighted by molar-refractivity contribution is 0.0968. The number of sulfone groups is 1. The van der Waals surface area contributed by atoms with Gasteiger partial charge in [0.2, 0.25) is 0 Å². The van der Waals surface area contributed by atoms with Crippen LogP contribution in [-0.2, 0) is 9.84 Å². The van der Waals surface area contributed by atoms with Crippen LogP contribution in [0.25, 0.3) is 0 Å². The summed E-state index contributed by atoms with van der Waals surface area (Å²) >= 11 is 1.06. The minimum Gasteiger partial charge on any atom is -0.396 e. The maximum atomic E-state index is 11.7. The normalized spacial score (nSPS) is 11.3. The monoisotopic (exact) mass is 277 g/mol. The Kier molecular flexibility index (Phi) is 3.68. The lowest BCUT2D eigenvalue weighted by Crippen LogP contribution is -2.18. The summed E-state index contributed by atoms with van der Waals surface area (Å²) in [4.78, 5) is 13.4. The zero-order valence-corrected chi connectivity index (χ0v) is 11.7. The largest absolute Gasteiger partial charge is 0.396 e. The summed E-state index contributed by atoms with van der Waals surface area (Å²) in [5, 5.41) is 2.89. The standard InChI is InChI=1S/C9H15N3O3S2/c1-11-8(13)6-5(10)7(17(4,14)15)9(16-6)12(2)3/h10H2,1-4H3,(H,11,13). The smallest absolute Gasteiger partial charge is 0.263 e. The number of rotatable bonds is 3. The molecule has 3 N–H and O–H groups in total. The van der Waals surface area contributed by atoms with E-state index in [0.29, 0.717) is 5.00 Å². The summed E-state index contributed by atoms with van der Waals surface area (Å²) in [7, 11) is 1.41. The van der Waals surface area contributed by atoms with Crippen molar-refractivity contribution >= 4 is 37.8 Å². The van der Waals surface area contributed by atoms with E-state index in [1.807, 2.05) is 0 Å². The van der Waals surface area contributed by atoms with E-state index in [9.17, 15) is 13.2 Å². The van der Waals surface area contributed by atoms with Gasteiger partial charge in [-0.3, -0.25) is 4.79 Å². The zero-order valence-electron chi connectivity index (χ0n) is 10.1. The van der Waals surface area contributed by atoms with Gasteiger partial charge in [-0.05, 0) is 0 Å². The molecule has 1 aromatic rings. The number of nitrogens with two attached hydrogens (primary N) is 1. The minimum absolute atomic E-state index is 0.0144. The van der Waals surface area contributed by atoms with Crippen molar-refractivity contribution in [2.75, 3.05) is 38.0 Å². The number of nitrogens with one attached hydrogen (secondary N) is 1. The van der Waals surface area contributed by atoms with Crippen molar-refractivity contribution in [2.45, 2.75) is 4.90 Å². The lowest BCUT2D eigenvalue weighted by Gasteiger charge is -2.11. The average molecular weight is 277 g/mol. The van der Waals surface area contributed by atoms with Crippen LogP contribution >= 0.6 is 11.3 Å². The maximum Gasteiger partial charge on any atom is 0.263 e. The molecule has 0 spiro atoms. The molecule has 6 nitrogen and oxygen atoms in total. The number of carbonyl (C=O) groups is 1. The molecule has 1 rings (SSSR count). The summed E-state index contributed by atoms with van der Waals surface area (Å²) in [5.41, 5.74) is 5.76.